The lowest BCUT2D eigenvalue weighted by molar-refractivity contribution is 0.103. The lowest BCUT2D eigenvalue weighted by atomic mass is 10.0. The van der Waals surface area contributed by atoms with Crippen molar-refractivity contribution in [2.45, 2.75) is 6.92 Å². The van der Waals surface area contributed by atoms with Crippen LogP contribution in [-0.2, 0) is 0 Å². The number of benzene rings is 2. The van der Waals surface area contributed by atoms with Crippen molar-refractivity contribution in [2.24, 2.45) is 0 Å². The monoisotopic (exact) mass is 448 g/mol. The van der Waals surface area contributed by atoms with Crippen molar-refractivity contribution in [3.8, 4) is 0 Å². The SMILES string of the molecule is Cc1cc(Br)c(C(=O)c2ccc(Br)c(F)c2)cc1Br. The predicted molar refractivity (Wildman–Crippen MR) is 84.1 cm³/mol. The van der Waals surface area contributed by atoms with Crippen LogP contribution in [0.15, 0.2) is 43.7 Å². The van der Waals surface area contributed by atoms with Gasteiger partial charge in [0, 0.05) is 20.1 Å². The molecule has 0 saturated heterocycles. The summed E-state index contributed by atoms with van der Waals surface area (Å²) in [4.78, 5) is 12.4. The van der Waals surface area contributed by atoms with E-state index in [4.69, 9.17) is 0 Å². The van der Waals surface area contributed by atoms with Crippen LogP contribution in [0.3, 0.4) is 0 Å². The van der Waals surface area contributed by atoms with Crippen molar-refractivity contribution in [2.75, 3.05) is 0 Å². The fourth-order valence-corrected chi connectivity index (χ4v) is 2.84. The first-order valence-corrected chi connectivity index (χ1v) is 7.73. The lowest BCUT2D eigenvalue weighted by Crippen LogP contribution is -2.03. The van der Waals surface area contributed by atoms with E-state index in [9.17, 15) is 9.18 Å². The molecule has 0 radical (unpaired) electrons. The van der Waals surface area contributed by atoms with Crippen LogP contribution in [0.2, 0.25) is 0 Å². The summed E-state index contributed by atoms with van der Waals surface area (Å²) >= 11 is 9.83. The highest BCUT2D eigenvalue weighted by molar-refractivity contribution is 9.11. The molecule has 0 atom stereocenters. The highest BCUT2D eigenvalue weighted by atomic mass is 79.9. The van der Waals surface area contributed by atoms with Crippen LogP contribution in [0, 0.1) is 12.7 Å². The number of carbonyl (C=O) groups excluding carboxylic acids is 1. The molecule has 0 heterocycles. The number of halogens is 4. The van der Waals surface area contributed by atoms with Crippen molar-refractivity contribution in [3.05, 3.63) is 66.3 Å². The van der Waals surface area contributed by atoms with Crippen LogP contribution >= 0.6 is 47.8 Å². The minimum atomic E-state index is -0.451. The van der Waals surface area contributed by atoms with Gasteiger partial charge in [-0.3, -0.25) is 4.79 Å². The number of rotatable bonds is 2. The second-order valence-corrected chi connectivity index (χ2v) is 6.60. The summed E-state index contributed by atoms with van der Waals surface area (Å²) < 4.78 is 15.4. The van der Waals surface area contributed by atoms with Gasteiger partial charge in [-0.25, -0.2) is 4.39 Å². The minimum Gasteiger partial charge on any atom is -0.289 e. The van der Waals surface area contributed by atoms with E-state index < -0.39 is 5.82 Å². The first kappa shape index (κ1) is 14.9. The quantitative estimate of drug-likeness (QED) is 0.540. The van der Waals surface area contributed by atoms with Gasteiger partial charge in [0.2, 0.25) is 0 Å². The zero-order chi connectivity index (χ0) is 14.2. The lowest BCUT2D eigenvalue weighted by Gasteiger charge is -2.07. The van der Waals surface area contributed by atoms with E-state index in [1.54, 1.807) is 12.1 Å². The molecule has 2 rings (SSSR count). The van der Waals surface area contributed by atoms with Crippen molar-refractivity contribution in [1.82, 2.24) is 0 Å². The second kappa shape index (κ2) is 5.85. The van der Waals surface area contributed by atoms with Crippen LogP contribution in [0.1, 0.15) is 21.5 Å². The molecule has 5 heteroatoms. The molecule has 0 aromatic heterocycles. The molecule has 0 spiro atoms. The Kier molecular flexibility index (Phi) is 4.58. The molecule has 0 unspecified atom stereocenters. The summed E-state index contributed by atoms with van der Waals surface area (Å²) in [6.07, 6.45) is 0. The van der Waals surface area contributed by atoms with Gasteiger partial charge in [-0.15, -0.1) is 0 Å². The van der Waals surface area contributed by atoms with Crippen LogP contribution in [0.5, 0.6) is 0 Å². The second-order valence-electron chi connectivity index (χ2n) is 4.04. The molecule has 0 fully saturated rings. The number of hydrogen-bond acceptors (Lipinski definition) is 1. The van der Waals surface area contributed by atoms with Gasteiger partial charge in [-0.2, -0.15) is 0 Å². The standard InChI is InChI=1S/C14H8Br3FO/c1-7-4-12(17)9(6-11(7)16)14(19)8-2-3-10(15)13(18)5-8/h2-6H,1H3. The average molecular weight is 451 g/mol. The summed E-state index contributed by atoms with van der Waals surface area (Å²) in [5.41, 5.74) is 1.83. The first-order chi connectivity index (χ1) is 8.90. The molecule has 0 amide bonds. The van der Waals surface area contributed by atoms with Gasteiger partial charge in [0.25, 0.3) is 0 Å². The zero-order valence-corrected chi connectivity index (χ0v) is 14.6. The normalized spacial score (nSPS) is 10.6. The maximum absolute atomic E-state index is 13.5. The maximum atomic E-state index is 13.5. The van der Waals surface area contributed by atoms with Crippen molar-refractivity contribution in [1.29, 1.82) is 0 Å². The molecule has 98 valence electrons. The third kappa shape index (κ3) is 3.15. The van der Waals surface area contributed by atoms with E-state index in [2.05, 4.69) is 47.8 Å². The predicted octanol–water partition coefficient (Wildman–Crippen LogP) is 5.65. The molecule has 2 aromatic carbocycles. The Morgan fingerprint density at radius 1 is 1.00 bits per heavy atom. The van der Waals surface area contributed by atoms with Crippen molar-refractivity contribution in [3.63, 3.8) is 0 Å². The van der Waals surface area contributed by atoms with Gasteiger partial charge in [-0.05, 0) is 58.7 Å². The molecule has 0 aliphatic heterocycles. The Labute approximate surface area is 135 Å². The van der Waals surface area contributed by atoms with Gasteiger partial charge in [0.15, 0.2) is 5.78 Å². The van der Waals surface area contributed by atoms with Crippen molar-refractivity contribution >= 4 is 53.6 Å². The summed E-state index contributed by atoms with van der Waals surface area (Å²) in [6, 6.07) is 7.94. The summed E-state index contributed by atoms with van der Waals surface area (Å²) in [5.74, 6) is -0.674. The first-order valence-electron chi connectivity index (χ1n) is 5.35. The highest BCUT2D eigenvalue weighted by Crippen LogP contribution is 2.28. The maximum Gasteiger partial charge on any atom is 0.194 e. The zero-order valence-electron chi connectivity index (χ0n) is 9.81. The molecule has 0 aliphatic rings. The molecular weight excluding hydrogens is 443 g/mol. The van der Waals surface area contributed by atoms with Gasteiger partial charge in [0.1, 0.15) is 5.82 Å². The third-order valence-corrected chi connectivity index (χ3v) is 4.83. The smallest absolute Gasteiger partial charge is 0.194 e. The largest absolute Gasteiger partial charge is 0.289 e. The Balaban J connectivity index is 2.49. The molecule has 19 heavy (non-hydrogen) atoms. The molecule has 0 bridgehead atoms. The van der Waals surface area contributed by atoms with E-state index in [1.165, 1.54) is 12.1 Å². The molecular formula is C14H8Br3FO. The van der Waals surface area contributed by atoms with E-state index in [-0.39, 0.29) is 5.78 Å². The summed E-state index contributed by atoms with van der Waals surface area (Å²) in [6.45, 7) is 1.93. The molecule has 2 aromatic rings. The fraction of sp³-hybridized carbons (Fsp3) is 0.0714. The van der Waals surface area contributed by atoms with Gasteiger partial charge in [-0.1, -0.05) is 31.9 Å². The van der Waals surface area contributed by atoms with Crippen LogP contribution in [0.4, 0.5) is 4.39 Å². The Bertz CT molecular complexity index is 668. The Morgan fingerprint density at radius 3 is 2.32 bits per heavy atom. The molecule has 0 aliphatic carbocycles. The molecule has 0 N–H and O–H groups in total. The van der Waals surface area contributed by atoms with E-state index in [0.29, 0.717) is 20.1 Å². The van der Waals surface area contributed by atoms with Gasteiger partial charge >= 0.3 is 0 Å². The number of ketones is 1. The van der Waals surface area contributed by atoms with Crippen LogP contribution < -0.4 is 0 Å². The summed E-state index contributed by atoms with van der Waals surface area (Å²) in [5, 5.41) is 0. The van der Waals surface area contributed by atoms with E-state index in [0.717, 1.165) is 10.0 Å². The topological polar surface area (TPSA) is 17.1 Å². The van der Waals surface area contributed by atoms with Crippen LogP contribution in [0.25, 0.3) is 0 Å². The van der Waals surface area contributed by atoms with E-state index >= 15 is 0 Å². The van der Waals surface area contributed by atoms with Gasteiger partial charge < -0.3 is 0 Å². The Hall–Kier alpha value is -0.520. The third-order valence-electron chi connectivity index (χ3n) is 2.67. The molecule has 0 saturated carbocycles. The van der Waals surface area contributed by atoms with E-state index in [1.807, 2.05) is 13.0 Å². The Morgan fingerprint density at radius 2 is 1.68 bits per heavy atom. The summed E-state index contributed by atoms with van der Waals surface area (Å²) in [7, 11) is 0. The highest BCUT2D eigenvalue weighted by Gasteiger charge is 2.15. The van der Waals surface area contributed by atoms with Crippen LogP contribution in [-0.4, -0.2) is 5.78 Å². The van der Waals surface area contributed by atoms with Crippen molar-refractivity contribution < 1.29 is 9.18 Å². The molecule has 1 nitrogen and oxygen atoms in total. The fourth-order valence-electron chi connectivity index (χ4n) is 1.61. The minimum absolute atomic E-state index is 0.223. The number of aryl methyl sites for hydroxylation is 1. The number of hydrogen-bond donors (Lipinski definition) is 0. The number of carbonyl (C=O) groups is 1. The van der Waals surface area contributed by atoms with Gasteiger partial charge in [0.05, 0.1) is 4.47 Å². The average Bonchev–Trinajstić information content (AvgIpc) is 2.36.